The van der Waals surface area contributed by atoms with Gasteiger partial charge in [0.15, 0.2) is 12.2 Å². The molecule has 0 aliphatic carbocycles. The van der Waals surface area contributed by atoms with Crippen LogP contribution in [0, 0.1) is 0 Å². The molecule has 0 spiro atoms. The van der Waals surface area contributed by atoms with Crippen LogP contribution in [-0.4, -0.2) is 18.1 Å². The summed E-state index contributed by atoms with van der Waals surface area (Å²) in [5, 5.41) is 3.34. The first-order chi connectivity index (χ1) is 9.11. The van der Waals surface area contributed by atoms with Crippen molar-refractivity contribution < 1.29 is 9.15 Å². The highest BCUT2D eigenvalue weighted by molar-refractivity contribution is 9.10. The second kappa shape index (κ2) is 6.21. The van der Waals surface area contributed by atoms with Gasteiger partial charge < -0.3 is 14.5 Å². The van der Waals surface area contributed by atoms with Gasteiger partial charge in [-0.25, -0.2) is 4.98 Å². The van der Waals surface area contributed by atoms with E-state index in [1.54, 1.807) is 7.11 Å². The number of nitrogens with zero attached hydrogens (tertiary/aromatic N) is 1. The third-order valence-corrected chi connectivity index (χ3v) is 3.43. The van der Waals surface area contributed by atoms with Crippen molar-refractivity contribution in [2.75, 3.05) is 7.11 Å². The maximum absolute atomic E-state index is 5.53. The molecule has 4 nitrogen and oxygen atoms in total. The number of rotatable bonds is 5. The number of hydrogen-bond donors (Lipinski definition) is 1. The largest absolute Gasteiger partial charge is 0.497 e. The lowest BCUT2D eigenvalue weighted by atomic mass is 10.1. The quantitative estimate of drug-likeness (QED) is 0.912. The predicted octanol–water partition coefficient (Wildman–Crippen LogP) is 3.61. The minimum Gasteiger partial charge on any atom is -0.497 e. The van der Waals surface area contributed by atoms with E-state index in [4.69, 9.17) is 9.15 Å². The van der Waals surface area contributed by atoms with Gasteiger partial charge >= 0.3 is 0 Å². The van der Waals surface area contributed by atoms with Gasteiger partial charge in [-0.1, -0.05) is 29.8 Å². The van der Waals surface area contributed by atoms with Crippen molar-refractivity contribution in [2.45, 2.75) is 26.4 Å². The molecule has 0 bridgehead atoms. The van der Waals surface area contributed by atoms with Gasteiger partial charge in [0.05, 0.1) is 7.11 Å². The van der Waals surface area contributed by atoms with E-state index in [1.807, 2.05) is 18.2 Å². The monoisotopic (exact) mass is 324 g/mol. The van der Waals surface area contributed by atoms with E-state index in [0.717, 1.165) is 27.2 Å². The number of halogens is 1. The van der Waals surface area contributed by atoms with Crippen LogP contribution < -0.4 is 10.1 Å². The van der Waals surface area contributed by atoms with E-state index in [9.17, 15) is 0 Å². The molecule has 19 heavy (non-hydrogen) atoms. The zero-order valence-corrected chi connectivity index (χ0v) is 12.8. The fraction of sp³-hybridized carbons (Fsp3) is 0.357. The third kappa shape index (κ3) is 3.36. The van der Waals surface area contributed by atoms with E-state index in [2.05, 4.69) is 40.1 Å². The Hall–Kier alpha value is -1.33. The zero-order valence-electron chi connectivity index (χ0n) is 11.2. The highest BCUT2D eigenvalue weighted by Gasteiger charge is 2.14. The fourth-order valence-corrected chi connectivity index (χ4v) is 2.15. The van der Waals surface area contributed by atoms with Gasteiger partial charge in [0.2, 0.25) is 0 Å². The predicted molar refractivity (Wildman–Crippen MR) is 78.2 cm³/mol. The molecule has 0 aliphatic rings. The normalized spacial score (nSPS) is 11.0. The van der Waals surface area contributed by atoms with Gasteiger partial charge in [0, 0.05) is 22.6 Å². The summed E-state index contributed by atoms with van der Waals surface area (Å²) in [6.45, 7) is 4.87. The van der Waals surface area contributed by atoms with Crippen LogP contribution in [0.15, 0.2) is 33.5 Å². The van der Waals surface area contributed by atoms with Crippen LogP contribution in [0.5, 0.6) is 5.75 Å². The first kappa shape index (κ1) is 14.1. The Morgan fingerprint density at radius 1 is 1.42 bits per heavy atom. The number of methoxy groups -OCH3 is 1. The van der Waals surface area contributed by atoms with Gasteiger partial charge in [-0.05, 0) is 18.2 Å². The van der Waals surface area contributed by atoms with Gasteiger partial charge in [-0.15, -0.1) is 0 Å². The first-order valence-corrected chi connectivity index (χ1v) is 6.90. The Bertz CT molecular complexity index is 552. The smallest absolute Gasteiger partial charge is 0.181 e. The van der Waals surface area contributed by atoms with Crippen LogP contribution in [0.1, 0.15) is 19.5 Å². The summed E-state index contributed by atoms with van der Waals surface area (Å²) >= 11 is 3.53. The molecule has 0 fully saturated rings. The number of nitrogens with one attached hydrogen (secondary N) is 1. The summed E-state index contributed by atoms with van der Waals surface area (Å²) in [6, 6.07) is 6.17. The van der Waals surface area contributed by atoms with Crippen LogP contribution in [0.2, 0.25) is 0 Å². The van der Waals surface area contributed by atoms with E-state index in [-0.39, 0.29) is 0 Å². The maximum atomic E-state index is 5.53. The summed E-state index contributed by atoms with van der Waals surface area (Å²) in [7, 11) is 1.65. The number of aromatic nitrogens is 1. The topological polar surface area (TPSA) is 47.3 Å². The molecular formula is C14H17BrN2O2. The molecule has 1 N–H and O–H groups in total. The van der Waals surface area contributed by atoms with E-state index in [1.165, 1.54) is 6.39 Å². The standard InChI is InChI=1S/C14H17BrN2O2/c1-9(2)16-7-13-14(19-8-17-13)11-6-10(18-3)4-5-12(11)15/h4-6,8-9,16H,7H2,1-3H3. The van der Waals surface area contributed by atoms with Gasteiger partial charge in [0.25, 0.3) is 0 Å². The van der Waals surface area contributed by atoms with E-state index in [0.29, 0.717) is 12.6 Å². The lowest BCUT2D eigenvalue weighted by Crippen LogP contribution is -2.22. The molecule has 102 valence electrons. The molecule has 5 heteroatoms. The molecule has 1 aromatic heterocycles. The Labute approximate surface area is 121 Å². The molecule has 0 saturated heterocycles. The average molecular weight is 325 g/mol. The Morgan fingerprint density at radius 2 is 2.21 bits per heavy atom. The van der Waals surface area contributed by atoms with Crippen LogP contribution in [0.3, 0.4) is 0 Å². The van der Waals surface area contributed by atoms with Crippen molar-refractivity contribution in [1.82, 2.24) is 10.3 Å². The summed E-state index contributed by atoms with van der Waals surface area (Å²) < 4.78 is 11.7. The van der Waals surface area contributed by atoms with E-state index < -0.39 is 0 Å². The van der Waals surface area contributed by atoms with Crippen molar-refractivity contribution in [2.24, 2.45) is 0 Å². The van der Waals surface area contributed by atoms with Crippen molar-refractivity contribution in [1.29, 1.82) is 0 Å². The Balaban J connectivity index is 2.33. The molecular weight excluding hydrogens is 308 g/mol. The number of benzene rings is 1. The molecule has 0 unspecified atom stereocenters. The van der Waals surface area contributed by atoms with Crippen molar-refractivity contribution in [3.8, 4) is 17.1 Å². The number of ether oxygens (including phenoxy) is 1. The highest BCUT2D eigenvalue weighted by Crippen LogP contribution is 2.33. The summed E-state index contributed by atoms with van der Waals surface area (Å²) in [4.78, 5) is 4.27. The molecule has 0 amide bonds. The Morgan fingerprint density at radius 3 is 2.89 bits per heavy atom. The number of hydrogen-bond acceptors (Lipinski definition) is 4. The molecule has 0 saturated carbocycles. The van der Waals surface area contributed by atoms with Crippen LogP contribution >= 0.6 is 15.9 Å². The van der Waals surface area contributed by atoms with E-state index >= 15 is 0 Å². The summed E-state index contributed by atoms with van der Waals surface area (Å²) in [5.41, 5.74) is 1.83. The average Bonchev–Trinajstić information content (AvgIpc) is 2.85. The molecule has 1 heterocycles. The van der Waals surface area contributed by atoms with Gasteiger partial charge in [0.1, 0.15) is 11.4 Å². The third-order valence-electron chi connectivity index (χ3n) is 2.74. The minimum absolute atomic E-state index is 0.401. The molecule has 0 atom stereocenters. The maximum Gasteiger partial charge on any atom is 0.181 e. The minimum atomic E-state index is 0.401. The lowest BCUT2D eigenvalue weighted by Gasteiger charge is -2.09. The second-order valence-electron chi connectivity index (χ2n) is 4.51. The number of oxazole rings is 1. The molecule has 2 aromatic rings. The van der Waals surface area contributed by atoms with Crippen LogP contribution in [-0.2, 0) is 6.54 Å². The molecule has 2 rings (SSSR count). The lowest BCUT2D eigenvalue weighted by molar-refractivity contribution is 0.414. The van der Waals surface area contributed by atoms with Gasteiger partial charge in [-0.2, -0.15) is 0 Å². The highest BCUT2D eigenvalue weighted by atomic mass is 79.9. The molecule has 0 aliphatic heterocycles. The van der Waals surface area contributed by atoms with Crippen LogP contribution in [0.4, 0.5) is 0 Å². The van der Waals surface area contributed by atoms with Gasteiger partial charge in [-0.3, -0.25) is 0 Å². The Kier molecular flexibility index (Phi) is 4.61. The molecule has 0 radical (unpaired) electrons. The zero-order chi connectivity index (χ0) is 13.8. The van der Waals surface area contributed by atoms with Crippen LogP contribution in [0.25, 0.3) is 11.3 Å². The SMILES string of the molecule is COc1ccc(Br)c(-c2ocnc2CNC(C)C)c1. The van der Waals surface area contributed by atoms with Crippen molar-refractivity contribution in [3.63, 3.8) is 0 Å². The summed E-state index contributed by atoms with van der Waals surface area (Å²) in [5.74, 6) is 1.55. The van der Waals surface area contributed by atoms with Crippen molar-refractivity contribution in [3.05, 3.63) is 34.8 Å². The van der Waals surface area contributed by atoms with Crippen molar-refractivity contribution >= 4 is 15.9 Å². The summed E-state index contributed by atoms with van der Waals surface area (Å²) in [6.07, 6.45) is 1.47. The molecule has 1 aromatic carbocycles. The fourth-order valence-electron chi connectivity index (χ4n) is 1.72. The second-order valence-corrected chi connectivity index (χ2v) is 5.36. The first-order valence-electron chi connectivity index (χ1n) is 6.11.